The summed E-state index contributed by atoms with van der Waals surface area (Å²) in [7, 11) is 3.29. The largest absolute Gasteiger partial charge is 0.493 e. The van der Waals surface area contributed by atoms with Crippen LogP contribution in [0.15, 0.2) is 60.9 Å². The molecule has 0 radical (unpaired) electrons. The van der Waals surface area contributed by atoms with Crippen LogP contribution in [0.4, 0.5) is 0 Å². The van der Waals surface area contributed by atoms with Gasteiger partial charge in [0.2, 0.25) is 0 Å². The van der Waals surface area contributed by atoms with Gasteiger partial charge >= 0.3 is 0 Å². The summed E-state index contributed by atoms with van der Waals surface area (Å²) in [6.07, 6.45) is 10.3. The lowest BCUT2D eigenvalue weighted by Crippen LogP contribution is -2.23. The summed E-state index contributed by atoms with van der Waals surface area (Å²) in [5.41, 5.74) is 4.29. The fourth-order valence-corrected chi connectivity index (χ4v) is 6.30. The van der Waals surface area contributed by atoms with E-state index in [9.17, 15) is 0 Å². The second kappa shape index (κ2) is 26.4. The number of nitrogens with zero attached hydrogens (tertiary/aromatic N) is 6. The first-order chi connectivity index (χ1) is 27.4. The summed E-state index contributed by atoms with van der Waals surface area (Å²) in [6, 6.07) is 18.1. The monoisotopic (exact) mass is 803 g/mol. The van der Waals surface area contributed by atoms with E-state index in [1.165, 1.54) is 0 Å². The zero-order valence-corrected chi connectivity index (χ0v) is 34.1. The van der Waals surface area contributed by atoms with Crippen LogP contribution in [0.2, 0.25) is 0 Å². The van der Waals surface area contributed by atoms with E-state index in [2.05, 4.69) is 50.1 Å². The van der Waals surface area contributed by atoms with Crippen LogP contribution >= 0.6 is 11.6 Å². The number of benzene rings is 2. The number of nitrogens with one attached hydrogen (secondary N) is 1. The molecule has 6 rings (SSSR count). The number of hydrogen-bond acceptors (Lipinski definition) is 12. The van der Waals surface area contributed by atoms with Gasteiger partial charge in [0, 0.05) is 62.1 Å². The molecule has 12 nitrogen and oxygen atoms in total. The van der Waals surface area contributed by atoms with Crippen molar-refractivity contribution < 1.29 is 24.1 Å². The van der Waals surface area contributed by atoms with Gasteiger partial charge in [-0.25, -0.2) is 19.9 Å². The summed E-state index contributed by atoms with van der Waals surface area (Å²) < 4.78 is 22.5. The summed E-state index contributed by atoms with van der Waals surface area (Å²) in [5, 5.41) is 20.7. The minimum atomic E-state index is -0.0648. The zero-order chi connectivity index (χ0) is 40.0. The number of aryl methyl sites for hydroxylation is 2. The third-order valence-electron chi connectivity index (χ3n) is 9.33. The molecule has 2 aliphatic rings. The molecule has 2 fully saturated rings. The highest BCUT2D eigenvalue weighted by Gasteiger charge is 2.21. The Hall–Kier alpha value is -4.54. The van der Waals surface area contributed by atoms with Gasteiger partial charge in [-0.15, -0.1) is 11.6 Å². The number of β-amino-alcohol motifs (C(OH)–C–C–N with tert-alkyl or cyclic N) is 1. The molecular weight excluding hydrogens is 742 g/mol. The number of aliphatic hydroxyl groups is 1. The van der Waals surface area contributed by atoms with Gasteiger partial charge in [-0.2, -0.15) is 5.26 Å². The van der Waals surface area contributed by atoms with Crippen molar-refractivity contribution in [3.63, 3.8) is 0 Å². The van der Waals surface area contributed by atoms with E-state index in [0.717, 1.165) is 128 Å². The van der Waals surface area contributed by atoms with E-state index in [0.29, 0.717) is 31.9 Å². The van der Waals surface area contributed by atoms with Crippen molar-refractivity contribution in [1.29, 1.82) is 5.26 Å². The van der Waals surface area contributed by atoms with Crippen molar-refractivity contribution in [2.24, 2.45) is 5.92 Å². The molecule has 4 heterocycles. The Kier molecular flexibility index (Phi) is 21.7. The molecule has 310 valence electrons. The van der Waals surface area contributed by atoms with E-state index >= 15 is 0 Å². The maximum atomic E-state index is 9.00. The number of methoxy groups -OCH3 is 2. The Morgan fingerprint density at radius 3 is 1.81 bits per heavy atom. The number of likely N-dealkylation sites (tertiary alicyclic amines) is 1. The third kappa shape index (κ3) is 16.5. The minimum absolute atomic E-state index is 0. The van der Waals surface area contributed by atoms with Crippen LogP contribution in [0.5, 0.6) is 23.0 Å². The Balaban J connectivity index is 0.000000267. The van der Waals surface area contributed by atoms with Gasteiger partial charge in [-0.1, -0.05) is 33.4 Å². The summed E-state index contributed by atoms with van der Waals surface area (Å²) >= 11 is 5.68. The van der Waals surface area contributed by atoms with Gasteiger partial charge in [-0.3, -0.25) is 0 Å². The quantitative estimate of drug-likeness (QED) is 0.0848. The number of aliphatic hydroxyl groups excluding tert-OH is 1. The summed E-state index contributed by atoms with van der Waals surface area (Å²) in [4.78, 5) is 20.2. The zero-order valence-electron chi connectivity index (χ0n) is 33.4. The third-order valence-corrected chi connectivity index (χ3v) is 9.60. The molecule has 2 N–H and O–H groups in total. The van der Waals surface area contributed by atoms with Crippen LogP contribution < -0.4 is 24.3 Å². The van der Waals surface area contributed by atoms with Crippen LogP contribution in [0, 0.1) is 17.2 Å². The molecule has 0 amide bonds. The van der Waals surface area contributed by atoms with Gasteiger partial charge in [0.1, 0.15) is 11.6 Å². The van der Waals surface area contributed by atoms with Gasteiger partial charge in [-0.05, 0) is 99.1 Å². The lowest BCUT2D eigenvalue weighted by Gasteiger charge is -2.16. The highest BCUT2D eigenvalue weighted by atomic mass is 35.5. The molecule has 57 heavy (non-hydrogen) atoms. The minimum Gasteiger partial charge on any atom is -0.493 e. The van der Waals surface area contributed by atoms with Gasteiger partial charge in [0.15, 0.2) is 23.0 Å². The SMILES string of the molecule is C.CCc1ccnc(Cc2ccc(OC)c(OCCCCl)c2)n1.CCc1ccnc(Cc2ccc(OC)c(OCCCN3CCC(C#N)C3)c2)n1.OC1CCNC1. The molecule has 2 aromatic heterocycles. The molecule has 0 spiro atoms. The standard InChI is InChI=1S/C22H28N4O2.C17H21ClN2O2.C4H9NO.CH4/c1-3-19-7-9-24-22(25-19)14-17-5-6-20(27-2)21(13-17)28-12-4-10-26-11-8-18(15-23)16-26;1-3-14-7-9-19-17(20-14)12-13-5-6-15(21-2)16(11-13)22-10-4-8-18;6-4-1-2-5-3-4;/h5-7,9,13,18H,3-4,8,10-12,14,16H2,1-2H3;5-7,9,11H,3-4,8,10,12H2,1-2H3;4-6H,1-3H2;1H4. The van der Waals surface area contributed by atoms with Crippen LogP contribution in [-0.4, -0.2) is 102 Å². The number of rotatable bonds is 17. The van der Waals surface area contributed by atoms with E-state index < -0.39 is 0 Å². The lowest BCUT2D eigenvalue weighted by atomic mass is 10.1. The molecular formula is C44H62ClN7O5. The average molecular weight is 804 g/mol. The van der Waals surface area contributed by atoms with Gasteiger partial charge in [0.05, 0.1) is 45.5 Å². The fraction of sp³-hybridized carbons (Fsp3) is 0.523. The fourth-order valence-electron chi connectivity index (χ4n) is 6.19. The normalized spacial score (nSPS) is 15.9. The Morgan fingerprint density at radius 1 is 0.825 bits per heavy atom. The molecule has 0 aliphatic carbocycles. The predicted molar refractivity (Wildman–Crippen MR) is 226 cm³/mol. The Bertz CT molecular complexity index is 1790. The van der Waals surface area contributed by atoms with Crippen molar-refractivity contribution in [2.75, 3.05) is 66.0 Å². The van der Waals surface area contributed by atoms with Crippen molar-refractivity contribution in [3.05, 3.63) is 95.1 Å². The highest BCUT2D eigenvalue weighted by molar-refractivity contribution is 6.17. The maximum Gasteiger partial charge on any atom is 0.161 e. The second-order valence-corrected chi connectivity index (χ2v) is 14.0. The number of nitriles is 1. The first kappa shape index (κ1) is 46.8. The van der Waals surface area contributed by atoms with E-state index in [4.69, 9.17) is 40.9 Å². The van der Waals surface area contributed by atoms with Crippen LogP contribution in [0.1, 0.15) is 81.1 Å². The first-order valence-corrected chi connectivity index (χ1v) is 20.2. The molecule has 0 bridgehead atoms. The van der Waals surface area contributed by atoms with Gasteiger partial charge in [0.25, 0.3) is 0 Å². The first-order valence-electron chi connectivity index (χ1n) is 19.7. The predicted octanol–water partition coefficient (Wildman–Crippen LogP) is 6.88. The smallest absolute Gasteiger partial charge is 0.161 e. The molecule has 2 unspecified atom stereocenters. The molecule has 4 aromatic rings. The van der Waals surface area contributed by atoms with E-state index in [1.54, 1.807) is 14.2 Å². The van der Waals surface area contributed by atoms with Crippen molar-refractivity contribution >= 4 is 11.6 Å². The maximum absolute atomic E-state index is 9.00. The number of aromatic nitrogens is 4. The highest BCUT2D eigenvalue weighted by Crippen LogP contribution is 2.30. The van der Waals surface area contributed by atoms with E-state index in [1.807, 2.05) is 60.9 Å². The van der Waals surface area contributed by atoms with Crippen molar-refractivity contribution in [1.82, 2.24) is 30.2 Å². The Labute approximate surface area is 344 Å². The van der Waals surface area contributed by atoms with E-state index in [-0.39, 0.29) is 19.4 Å². The van der Waals surface area contributed by atoms with Crippen LogP contribution in [0.25, 0.3) is 0 Å². The van der Waals surface area contributed by atoms with Crippen molar-refractivity contribution in [3.8, 4) is 29.1 Å². The molecule has 2 atom stereocenters. The van der Waals surface area contributed by atoms with Crippen molar-refractivity contribution in [2.45, 2.75) is 78.7 Å². The second-order valence-electron chi connectivity index (χ2n) is 13.6. The average Bonchev–Trinajstić information content (AvgIpc) is 3.92. The number of halogens is 1. The van der Waals surface area contributed by atoms with Gasteiger partial charge < -0.3 is 34.3 Å². The molecule has 2 aromatic carbocycles. The molecule has 2 aliphatic heterocycles. The topological polar surface area (TPSA) is 148 Å². The lowest BCUT2D eigenvalue weighted by molar-refractivity contribution is 0.196. The van der Waals surface area contributed by atoms with Crippen LogP contribution in [-0.2, 0) is 25.7 Å². The number of ether oxygens (including phenoxy) is 4. The summed E-state index contributed by atoms with van der Waals surface area (Å²) in [5.74, 6) is 5.34. The molecule has 2 saturated heterocycles. The molecule has 13 heteroatoms. The van der Waals surface area contributed by atoms with Crippen LogP contribution in [0.3, 0.4) is 0 Å². The Morgan fingerprint density at radius 2 is 1.39 bits per heavy atom. The number of alkyl halides is 1. The number of hydrogen-bond donors (Lipinski definition) is 2. The summed E-state index contributed by atoms with van der Waals surface area (Å²) in [6.45, 7) is 10.00. The molecule has 0 saturated carbocycles.